The fourth-order valence-electron chi connectivity index (χ4n) is 2.89. The molecule has 0 saturated carbocycles. The number of aryl methyl sites for hydroxylation is 1. The highest BCUT2D eigenvalue weighted by atomic mass is 16.2. The molecule has 1 aliphatic heterocycles. The van der Waals surface area contributed by atoms with Gasteiger partial charge in [0.1, 0.15) is 0 Å². The normalized spacial score (nSPS) is 13.6. The number of benzene rings is 2. The van der Waals surface area contributed by atoms with Gasteiger partial charge in [0, 0.05) is 31.0 Å². The van der Waals surface area contributed by atoms with Gasteiger partial charge in [0.25, 0.3) is 0 Å². The van der Waals surface area contributed by atoms with E-state index in [-0.39, 0.29) is 0 Å². The van der Waals surface area contributed by atoms with Crippen LogP contribution >= 0.6 is 0 Å². The highest BCUT2D eigenvalue weighted by Gasteiger charge is 2.15. The van der Waals surface area contributed by atoms with Gasteiger partial charge < -0.3 is 15.5 Å². The van der Waals surface area contributed by atoms with E-state index in [0.29, 0.717) is 12.2 Å². The van der Waals surface area contributed by atoms with Crippen molar-refractivity contribution < 1.29 is 9.59 Å². The average molecular weight is 337 g/mol. The average Bonchev–Trinajstić information content (AvgIpc) is 3.16. The number of nitrogens with one attached hydrogen (secondary N) is 2. The molecule has 0 radical (unpaired) electrons. The fraction of sp³-hybridized carbons (Fsp3) is 0.300. The summed E-state index contributed by atoms with van der Waals surface area (Å²) in [7, 11) is 0. The van der Waals surface area contributed by atoms with Crippen LogP contribution in [0.3, 0.4) is 0 Å². The van der Waals surface area contributed by atoms with Crippen LogP contribution in [0.4, 0.5) is 11.4 Å². The number of nitrogens with zero attached hydrogens (tertiary/aromatic N) is 1. The van der Waals surface area contributed by atoms with Crippen molar-refractivity contribution >= 4 is 23.2 Å². The highest BCUT2D eigenvalue weighted by Crippen LogP contribution is 2.21. The van der Waals surface area contributed by atoms with Crippen LogP contribution in [0.15, 0.2) is 48.5 Å². The summed E-state index contributed by atoms with van der Waals surface area (Å²) in [6.07, 6.45) is 2.44. The zero-order valence-electron chi connectivity index (χ0n) is 14.4. The number of hydrogen-bond acceptors (Lipinski definition) is 3. The lowest BCUT2D eigenvalue weighted by atomic mass is 10.1. The number of rotatable bonds is 4. The van der Waals surface area contributed by atoms with Crippen LogP contribution in [-0.4, -0.2) is 24.9 Å². The molecule has 2 aromatic rings. The number of anilines is 2. The first-order valence-electron chi connectivity index (χ1n) is 8.61. The van der Waals surface area contributed by atoms with Crippen molar-refractivity contribution in [3.05, 3.63) is 59.7 Å². The van der Waals surface area contributed by atoms with Crippen LogP contribution in [-0.2, 0) is 16.1 Å². The van der Waals surface area contributed by atoms with Crippen molar-refractivity contribution in [3.8, 4) is 0 Å². The van der Waals surface area contributed by atoms with Crippen LogP contribution in [0.5, 0.6) is 0 Å². The third kappa shape index (κ3) is 4.59. The van der Waals surface area contributed by atoms with E-state index < -0.39 is 11.8 Å². The van der Waals surface area contributed by atoms with Crippen molar-refractivity contribution in [1.82, 2.24) is 5.32 Å². The lowest BCUT2D eigenvalue weighted by Gasteiger charge is -2.17. The van der Waals surface area contributed by atoms with Crippen LogP contribution in [0, 0.1) is 6.92 Å². The Balaban J connectivity index is 1.50. The van der Waals surface area contributed by atoms with E-state index in [1.54, 1.807) is 0 Å². The molecule has 0 spiro atoms. The molecule has 0 aliphatic carbocycles. The molecule has 0 aromatic heterocycles. The monoisotopic (exact) mass is 337 g/mol. The van der Waals surface area contributed by atoms with Gasteiger partial charge in [0.15, 0.2) is 0 Å². The molecule has 3 rings (SSSR count). The van der Waals surface area contributed by atoms with E-state index in [0.717, 1.165) is 29.9 Å². The topological polar surface area (TPSA) is 61.4 Å². The Morgan fingerprint density at radius 2 is 1.56 bits per heavy atom. The molecule has 1 heterocycles. The van der Waals surface area contributed by atoms with Crippen LogP contribution < -0.4 is 15.5 Å². The summed E-state index contributed by atoms with van der Waals surface area (Å²) in [6, 6.07) is 15.4. The van der Waals surface area contributed by atoms with E-state index in [2.05, 4.69) is 15.5 Å². The standard InChI is InChI=1S/C20H23N3O2/c1-15-4-6-16(7-5-15)14-21-19(24)20(25)22-17-8-10-18(11-9-17)23-12-2-3-13-23/h4-11H,2-3,12-14H2,1H3,(H,21,24)(H,22,25). The van der Waals surface area contributed by atoms with Crippen molar-refractivity contribution in [2.75, 3.05) is 23.3 Å². The van der Waals surface area contributed by atoms with Crippen molar-refractivity contribution in [2.24, 2.45) is 0 Å². The summed E-state index contributed by atoms with van der Waals surface area (Å²) in [4.78, 5) is 26.2. The highest BCUT2D eigenvalue weighted by molar-refractivity contribution is 6.39. The van der Waals surface area contributed by atoms with Gasteiger partial charge in [0.2, 0.25) is 0 Å². The first kappa shape index (κ1) is 17.0. The molecule has 2 amide bonds. The molecule has 2 N–H and O–H groups in total. The Morgan fingerprint density at radius 3 is 2.20 bits per heavy atom. The minimum Gasteiger partial charge on any atom is -0.372 e. The second-order valence-electron chi connectivity index (χ2n) is 6.36. The summed E-state index contributed by atoms with van der Waals surface area (Å²) in [5.74, 6) is -1.29. The third-order valence-electron chi connectivity index (χ3n) is 4.38. The van der Waals surface area contributed by atoms with Gasteiger partial charge in [-0.25, -0.2) is 0 Å². The van der Waals surface area contributed by atoms with Gasteiger partial charge in [-0.1, -0.05) is 29.8 Å². The summed E-state index contributed by atoms with van der Waals surface area (Å²) in [5.41, 5.74) is 3.89. The largest absolute Gasteiger partial charge is 0.372 e. The summed E-state index contributed by atoms with van der Waals surface area (Å²) in [5, 5.41) is 5.27. The summed E-state index contributed by atoms with van der Waals surface area (Å²) < 4.78 is 0. The zero-order valence-corrected chi connectivity index (χ0v) is 14.4. The van der Waals surface area contributed by atoms with Gasteiger partial charge in [-0.2, -0.15) is 0 Å². The Bertz CT molecular complexity index is 733. The lowest BCUT2D eigenvalue weighted by Crippen LogP contribution is -2.34. The maximum Gasteiger partial charge on any atom is 0.313 e. The lowest BCUT2D eigenvalue weighted by molar-refractivity contribution is -0.136. The van der Waals surface area contributed by atoms with Crippen molar-refractivity contribution in [3.63, 3.8) is 0 Å². The van der Waals surface area contributed by atoms with E-state index in [9.17, 15) is 9.59 Å². The zero-order chi connectivity index (χ0) is 17.6. The van der Waals surface area contributed by atoms with E-state index >= 15 is 0 Å². The molecule has 5 heteroatoms. The number of hydrogen-bond donors (Lipinski definition) is 2. The molecule has 0 unspecified atom stereocenters. The van der Waals surface area contributed by atoms with Crippen LogP contribution in [0.2, 0.25) is 0 Å². The molecular weight excluding hydrogens is 314 g/mol. The van der Waals surface area contributed by atoms with Crippen molar-refractivity contribution in [2.45, 2.75) is 26.3 Å². The number of carbonyl (C=O) groups is 2. The quantitative estimate of drug-likeness (QED) is 0.844. The molecular formula is C20H23N3O2. The molecule has 5 nitrogen and oxygen atoms in total. The van der Waals surface area contributed by atoms with E-state index in [1.807, 2.05) is 55.5 Å². The Morgan fingerprint density at radius 1 is 0.920 bits per heavy atom. The molecule has 1 fully saturated rings. The first-order valence-corrected chi connectivity index (χ1v) is 8.61. The molecule has 2 aromatic carbocycles. The summed E-state index contributed by atoms with van der Waals surface area (Å²) in [6.45, 7) is 4.49. The van der Waals surface area contributed by atoms with Gasteiger partial charge >= 0.3 is 11.8 Å². The maximum absolute atomic E-state index is 12.0. The maximum atomic E-state index is 12.0. The number of amides is 2. The summed E-state index contributed by atoms with van der Waals surface area (Å²) >= 11 is 0. The number of carbonyl (C=O) groups excluding carboxylic acids is 2. The third-order valence-corrected chi connectivity index (χ3v) is 4.38. The predicted molar refractivity (Wildman–Crippen MR) is 99.5 cm³/mol. The molecule has 1 aliphatic rings. The first-order chi connectivity index (χ1) is 12.1. The smallest absolute Gasteiger partial charge is 0.313 e. The Labute approximate surface area is 148 Å². The van der Waals surface area contributed by atoms with Crippen molar-refractivity contribution in [1.29, 1.82) is 0 Å². The van der Waals surface area contributed by atoms with Gasteiger partial charge in [-0.05, 0) is 49.6 Å². The van der Waals surface area contributed by atoms with E-state index in [1.165, 1.54) is 12.8 Å². The minimum atomic E-state index is -0.652. The Kier molecular flexibility index (Phi) is 5.33. The van der Waals surface area contributed by atoms with Gasteiger partial charge in [-0.3, -0.25) is 9.59 Å². The van der Waals surface area contributed by atoms with E-state index in [4.69, 9.17) is 0 Å². The van der Waals surface area contributed by atoms with Gasteiger partial charge in [0.05, 0.1) is 0 Å². The molecule has 130 valence electrons. The second-order valence-corrected chi connectivity index (χ2v) is 6.36. The predicted octanol–water partition coefficient (Wildman–Crippen LogP) is 2.85. The molecule has 25 heavy (non-hydrogen) atoms. The second kappa shape index (κ2) is 7.83. The minimum absolute atomic E-state index is 0.334. The molecule has 0 atom stereocenters. The van der Waals surface area contributed by atoms with Gasteiger partial charge in [-0.15, -0.1) is 0 Å². The molecule has 1 saturated heterocycles. The fourth-order valence-corrected chi connectivity index (χ4v) is 2.89. The molecule has 0 bridgehead atoms. The Hall–Kier alpha value is -2.82. The SMILES string of the molecule is Cc1ccc(CNC(=O)C(=O)Nc2ccc(N3CCCC3)cc2)cc1. The van der Waals surface area contributed by atoms with Crippen LogP contribution in [0.25, 0.3) is 0 Å². The van der Waals surface area contributed by atoms with Crippen LogP contribution in [0.1, 0.15) is 24.0 Å².